The molecule has 2 nitrogen and oxygen atoms in total. The summed E-state index contributed by atoms with van der Waals surface area (Å²) in [6.07, 6.45) is 5.10. The fourth-order valence-electron chi connectivity index (χ4n) is 2.15. The first-order valence-electron chi connectivity index (χ1n) is 5.89. The first-order valence-corrected chi connectivity index (χ1v) is 8.08. The van der Waals surface area contributed by atoms with Gasteiger partial charge in [-0.15, -0.1) is 0 Å². The van der Waals surface area contributed by atoms with Gasteiger partial charge in [0.25, 0.3) is 0 Å². The second-order valence-corrected chi connectivity index (χ2v) is 6.30. The van der Waals surface area contributed by atoms with Crippen LogP contribution in [0.25, 0.3) is 0 Å². The van der Waals surface area contributed by atoms with Gasteiger partial charge in [0, 0.05) is 16.9 Å². The molecule has 0 fully saturated rings. The summed E-state index contributed by atoms with van der Waals surface area (Å²) in [4.78, 5) is 0. The molecule has 0 bridgehead atoms. The largest absolute Gasteiger partial charge is 0.493 e. The van der Waals surface area contributed by atoms with E-state index < -0.39 is 0 Å². The standard InChI is InChI=1S/C13H18BrNOS/c1-17-5-3-12(15)8-10-7-11(14)6-9-2-4-16-13(9)10/h6-7,12H,2-5,8,15H2,1H3. The number of fused-ring (bicyclic) bond motifs is 1. The number of hydrogen-bond donors (Lipinski definition) is 1. The lowest BCUT2D eigenvalue weighted by atomic mass is 10.0. The van der Waals surface area contributed by atoms with E-state index in [9.17, 15) is 0 Å². The van der Waals surface area contributed by atoms with Crippen molar-refractivity contribution in [2.45, 2.75) is 25.3 Å². The van der Waals surface area contributed by atoms with E-state index in [1.54, 1.807) is 0 Å². The number of benzene rings is 1. The Morgan fingerprint density at radius 1 is 1.53 bits per heavy atom. The van der Waals surface area contributed by atoms with Crippen LogP contribution in [0.4, 0.5) is 0 Å². The Balaban J connectivity index is 2.10. The molecule has 0 radical (unpaired) electrons. The smallest absolute Gasteiger partial charge is 0.125 e. The van der Waals surface area contributed by atoms with Crippen LogP contribution < -0.4 is 10.5 Å². The Kier molecular flexibility index (Phi) is 4.77. The second-order valence-electron chi connectivity index (χ2n) is 4.40. The minimum Gasteiger partial charge on any atom is -0.493 e. The van der Waals surface area contributed by atoms with Crippen molar-refractivity contribution in [3.63, 3.8) is 0 Å². The van der Waals surface area contributed by atoms with Gasteiger partial charge in [-0.2, -0.15) is 11.8 Å². The van der Waals surface area contributed by atoms with Gasteiger partial charge in [-0.3, -0.25) is 0 Å². The van der Waals surface area contributed by atoms with Crippen molar-refractivity contribution in [1.82, 2.24) is 0 Å². The molecule has 0 saturated carbocycles. The fraction of sp³-hybridized carbons (Fsp3) is 0.538. The molecule has 1 heterocycles. The Morgan fingerprint density at radius 3 is 3.12 bits per heavy atom. The van der Waals surface area contributed by atoms with Gasteiger partial charge >= 0.3 is 0 Å². The Morgan fingerprint density at radius 2 is 2.35 bits per heavy atom. The molecular formula is C13H18BrNOS. The maximum atomic E-state index is 6.15. The normalized spacial score (nSPS) is 15.5. The first-order chi connectivity index (χ1) is 8.20. The predicted molar refractivity (Wildman–Crippen MR) is 78.0 cm³/mol. The van der Waals surface area contributed by atoms with Crippen LogP contribution in [0.2, 0.25) is 0 Å². The molecule has 1 aromatic carbocycles. The van der Waals surface area contributed by atoms with Gasteiger partial charge in [-0.25, -0.2) is 0 Å². The van der Waals surface area contributed by atoms with Crippen LogP contribution in [-0.4, -0.2) is 24.7 Å². The maximum Gasteiger partial charge on any atom is 0.125 e. The zero-order chi connectivity index (χ0) is 12.3. The molecule has 94 valence electrons. The van der Waals surface area contributed by atoms with Crippen LogP contribution >= 0.6 is 27.7 Å². The quantitative estimate of drug-likeness (QED) is 0.907. The predicted octanol–water partition coefficient (Wildman–Crippen LogP) is 3.01. The van der Waals surface area contributed by atoms with Crippen LogP contribution in [0.1, 0.15) is 17.5 Å². The van der Waals surface area contributed by atoms with E-state index in [1.165, 1.54) is 11.1 Å². The van der Waals surface area contributed by atoms with Crippen molar-refractivity contribution in [1.29, 1.82) is 0 Å². The molecule has 2 N–H and O–H groups in total. The van der Waals surface area contributed by atoms with E-state index in [-0.39, 0.29) is 6.04 Å². The summed E-state index contributed by atoms with van der Waals surface area (Å²) in [6.45, 7) is 0.804. The number of ether oxygens (including phenoxy) is 1. The molecule has 0 aliphatic carbocycles. The van der Waals surface area contributed by atoms with Crippen LogP contribution in [-0.2, 0) is 12.8 Å². The number of hydrogen-bond acceptors (Lipinski definition) is 3. The van der Waals surface area contributed by atoms with Gasteiger partial charge in [0.15, 0.2) is 0 Å². The Labute approximate surface area is 115 Å². The Bertz CT molecular complexity index is 397. The van der Waals surface area contributed by atoms with Crippen molar-refractivity contribution in [3.05, 3.63) is 27.7 Å². The van der Waals surface area contributed by atoms with Crippen LogP contribution in [0.5, 0.6) is 5.75 Å². The van der Waals surface area contributed by atoms with Gasteiger partial charge in [0.05, 0.1) is 6.61 Å². The third kappa shape index (κ3) is 3.39. The van der Waals surface area contributed by atoms with Crippen molar-refractivity contribution < 1.29 is 4.74 Å². The number of nitrogens with two attached hydrogens (primary N) is 1. The minimum absolute atomic E-state index is 0.227. The zero-order valence-electron chi connectivity index (χ0n) is 10.0. The molecule has 0 spiro atoms. The summed E-state index contributed by atoms with van der Waals surface area (Å²) >= 11 is 5.41. The molecule has 4 heteroatoms. The highest BCUT2D eigenvalue weighted by Crippen LogP contribution is 2.33. The van der Waals surface area contributed by atoms with E-state index in [2.05, 4.69) is 34.3 Å². The molecule has 1 atom stereocenters. The van der Waals surface area contributed by atoms with E-state index in [1.807, 2.05) is 11.8 Å². The van der Waals surface area contributed by atoms with Gasteiger partial charge in [-0.05, 0) is 48.1 Å². The van der Waals surface area contributed by atoms with E-state index >= 15 is 0 Å². The highest BCUT2D eigenvalue weighted by molar-refractivity contribution is 9.10. The SMILES string of the molecule is CSCCC(N)Cc1cc(Br)cc2c1OCC2. The molecule has 2 rings (SSSR count). The summed E-state index contributed by atoms with van der Waals surface area (Å²) < 4.78 is 6.84. The Hall–Kier alpha value is -0.190. The lowest BCUT2D eigenvalue weighted by Crippen LogP contribution is -2.23. The molecule has 1 aliphatic heterocycles. The zero-order valence-corrected chi connectivity index (χ0v) is 12.4. The van der Waals surface area contributed by atoms with Crippen LogP contribution in [0, 0.1) is 0 Å². The molecule has 0 saturated heterocycles. The highest BCUT2D eigenvalue weighted by Gasteiger charge is 2.18. The van der Waals surface area contributed by atoms with Crippen molar-refractivity contribution >= 4 is 27.7 Å². The van der Waals surface area contributed by atoms with E-state index in [0.29, 0.717) is 0 Å². The lowest BCUT2D eigenvalue weighted by molar-refractivity contribution is 0.352. The average Bonchev–Trinajstić information content (AvgIpc) is 2.74. The highest BCUT2D eigenvalue weighted by atomic mass is 79.9. The molecule has 1 unspecified atom stereocenters. The molecule has 17 heavy (non-hydrogen) atoms. The van der Waals surface area contributed by atoms with Crippen molar-refractivity contribution in [2.24, 2.45) is 5.73 Å². The van der Waals surface area contributed by atoms with Gasteiger partial charge in [-0.1, -0.05) is 15.9 Å². The summed E-state index contributed by atoms with van der Waals surface area (Å²) in [6, 6.07) is 4.52. The lowest BCUT2D eigenvalue weighted by Gasteiger charge is -2.14. The van der Waals surface area contributed by atoms with Gasteiger partial charge in [0.2, 0.25) is 0 Å². The number of thioether (sulfide) groups is 1. The third-order valence-electron chi connectivity index (χ3n) is 3.00. The van der Waals surface area contributed by atoms with Crippen LogP contribution in [0.15, 0.2) is 16.6 Å². The van der Waals surface area contributed by atoms with Gasteiger partial charge in [0.1, 0.15) is 5.75 Å². The van der Waals surface area contributed by atoms with Crippen molar-refractivity contribution in [3.8, 4) is 5.75 Å². The molecule has 1 aliphatic rings. The molecular weight excluding hydrogens is 298 g/mol. The maximum absolute atomic E-state index is 6.15. The monoisotopic (exact) mass is 315 g/mol. The summed E-state index contributed by atoms with van der Waals surface area (Å²) in [5.74, 6) is 2.20. The van der Waals surface area contributed by atoms with E-state index in [0.717, 1.165) is 41.8 Å². The minimum atomic E-state index is 0.227. The third-order valence-corrected chi connectivity index (χ3v) is 4.10. The van der Waals surface area contributed by atoms with E-state index in [4.69, 9.17) is 10.5 Å². The summed E-state index contributed by atoms with van der Waals surface area (Å²) in [5.41, 5.74) is 8.71. The molecule has 0 aromatic heterocycles. The summed E-state index contributed by atoms with van der Waals surface area (Å²) in [7, 11) is 0. The molecule has 1 aromatic rings. The number of rotatable bonds is 5. The summed E-state index contributed by atoms with van der Waals surface area (Å²) in [5, 5.41) is 0. The first kappa shape index (κ1) is 13.2. The average molecular weight is 316 g/mol. The second kappa shape index (κ2) is 6.12. The fourth-order valence-corrected chi connectivity index (χ4v) is 3.24. The number of halogens is 1. The van der Waals surface area contributed by atoms with Gasteiger partial charge < -0.3 is 10.5 Å². The van der Waals surface area contributed by atoms with Crippen LogP contribution in [0.3, 0.4) is 0 Å². The topological polar surface area (TPSA) is 35.2 Å². The van der Waals surface area contributed by atoms with Crippen molar-refractivity contribution in [2.75, 3.05) is 18.6 Å². The molecule has 0 amide bonds.